The van der Waals surface area contributed by atoms with Crippen LogP contribution in [0.3, 0.4) is 0 Å². The van der Waals surface area contributed by atoms with E-state index in [4.69, 9.17) is 5.73 Å². The number of hydrogen-bond donors (Lipinski definition) is 1. The van der Waals surface area contributed by atoms with E-state index >= 15 is 0 Å². The van der Waals surface area contributed by atoms with Gasteiger partial charge in [0.1, 0.15) is 0 Å². The molecule has 102 valence electrons. The lowest BCUT2D eigenvalue weighted by Crippen LogP contribution is -2.37. The summed E-state index contributed by atoms with van der Waals surface area (Å²) in [6.45, 7) is 2.63. The fourth-order valence-electron chi connectivity index (χ4n) is 2.54. The van der Waals surface area contributed by atoms with E-state index in [9.17, 15) is 4.79 Å². The zero-order valence-corrected chi connectivity index (χ0v) is 12.8. The Bertz CT molecular complexity index is 697. The Labute approximate surface area is 126 Å². The quantitative estimate of drug-likeness (QED) is 0.813. The number of aryl methyl sites for hydroxylation is 1. The van der Waals surface area contributed by atoms with Crippen molar-refractivity contribution in [3.05, 3.63) is 57.6 Å². The molecule has 1 aliphatic heterocycles. The lowest BCUT2D eigenvalue weighted by molar-refractivity contribution is 0.0980. The predicted octanol–water partition coefficient (Wildman–Crippen LogP) is 3.54. The lowest BCUT2D eigenvalue weighted by atomic mass is 9.98. The number of amides is 1. The molecule has 0 saturated heterocycles. The smallest absolute Gasteiger partial charge is 0.258 e. The Morgan fingerprint density at radius 1 is 1.25 bits per heavy atom. The maximum absolute atomic E-state index is 12.6. The first-order valence-electron chi connectivity index (χ1n) is 6.53. The molecule has 3 nitrogen and oxygen atoms in total. The van der Waals surface area contributed by atoms with Gasteiger partial charge in [-0.05, 0) is 58.6 Å². The van der Waals surface area contributed by atoms with E-state index in [0.717, 1.165) is 33.3 Å². The minimum atomic E-state index is 0.0378. The Kier molecular flexibility index (Phi) is 3.26. The highest BCUT2D eigenvalue weighted by Crippen LogP contribution is 2.33. The first kappa shape index (κ1) is 13.2. The third-order valence-corrected chi connectivity index (χ3v) is 4.36. The number of carbonyl (C=O) groups is 1. The molecule has 1 heterocycles. The number of nitrogens with two attached hydrogens (primary N) is 1. The normalized spacial score (nSPS) is 14.3. The molecule has 0 aromatic heterocycles. The molecule has 0 fully saturated rings. The van der Waals surface area contributed by atoms with E-state index in [-0.39, 0.29) is 5.91 Å². The fourth-order valence-corrected chi connectivity index (χ4v) is 3.21. The highest BCUT2D eigenvalue weighted by molar-refractivity contribution is 9.10. The molecule has 1 amide bonds. The van der Waals surface area contributed by atoms with Crippen molar-refractivity contribution in [2.45, 2.75) is 13.3 Å². The molecule has 1 aliphatic rings. The third kappa shape index (κ3) is 2.10. The molecule has 0 atom stereocenters. The van der Waals surface area contributed by atoms with Gasteiger partial charge in [-0.2, -0.15) is 0 Å². The molecule has 0 radical (unpaired) electrons. The van der Waals surface area contributed by atoms with E-state index in [1.165, 1.54) is 0 Å². The average molecular weight is 331 g/mol. The maximum Gasteiger partial charge on any atom is 0.258 e. The Balaban J connectivity index is 2.05. The zero-order valence-electron chi connectivity index (χ0n) is 11.2. The van der Waals surface area contributed by atoms with E-state index in [1.807, 2.05) is 43.3 Å². The van der Waals surface area contributed by atoms with Crippen molar-refractivity contribution in [1.29, 1.82) is 0 Å². The van der Waals surface area contributed by atoms with Crippen LogP contribution in [-0.4, -0.2) is 12.5 Å². The molecule has 20 heavy (non-hydrogen) atoms. The van der Waals surface area contributed by atoms with Gasteiger partial charge in [-0.3, -0.25) is 4.79 Å². The minimum absolute atomic E-state index is 0.0378. The second-order valence-electron chi connectivity index (χ2n) is 5.02. The van der Waals surface area contributed by atoms with Gasteiger partial charge in [-0.1, -0.05) is 18.2 Å². The van der Waals surface area contributed by atoms with E-state index in [0.29, 0.717) is 12.2 Å². The van der Waals surface area contributed by atoms with Crippen LogP contribution in [0, 0.1) is 6.92 Å². The van der Waals surface area contributed by atoms with E-state index < -0.39 is 0 Å². The summed E-state index contributed by atoms with van der Waals surface area (Å²) in [5, 5.41) is 0. The van der Waals surface area contributed by atoms with Crippen LogP contribution in [0.15, 0.2) is 40.9 Å². The number of rotatable bonds is 1. The van der Waals surface area contributed by atoms with Crippen LogP contribution in [0.4, 0.5) is 11.4 Å². The molecule has 0 aliphatic carbocycles. The molecule has 4 heteroatoms. The molecule has 2 N–H and O–H groups in total. The van der Waals surface area contributed by atoms with Crippen LogP contribution in [0.25, 0.3) is 0 Å². The van der Waals surface area contributed by atoms with Gasteiger partial charge >= 0.3 is 0 Å². The third-order valence-electron chi connectivity index (χ3n) is 3.72. The number of carbonyl (C=O) groups excluding carboxylic acids is 1. The Morgan fingerprint density at radius 2 is 2.00 bits per heavy atom. The van der Waals surface area contributed by atoms with Crippen molar-refractivity contribution in [3.8, 4) is 0 Å². The summed E-state index contributed by atoms with van der Waals surface area (Å²) in [5.41, 5.74) is 10.4. The van der Waals surface area contributed by atoms with Gasteiger partial charge < -0.3 is 10.6 Å². The van der Waals surface area contributed by atoms with Crippen molar-refractivity contribution in [2.75, 3.05) is 17.2 Å². The van der Waals surface area contributed by atoms with Gasteiger partial charge in [-0.25, -0.2) is 0 Å². The van der Waals surface area contributed by atoms with Gasteiger partial charge in [0.05, 0.1) is 5.69 Å². The van der Waals surface area contributed by atoms with Gasteiger partial charge in [-0.15, -0.1) is 0 Å². The minimum Gasteiger partial charge on any atom is -0.398 e. The fraction of sp³-hybridized carbons (Fsp3) is 0.188. The van der Waals surface area contributed by atoms with Crippen LogP contribution >= 0.6 is 15.9 Å². The average Bonchev–Trinajstić information content (AvgIpc) is 2.44. The lowest BCUT2D eigenvalue weighted by Gasteiger charge is -2.29. The van der Waals surface area contributed by atoms with Gasteiger partial charge in [0.2, 0.25) is 0 Å². The van der Waals surface area contributed by atoms with Crippen molar-refractivity contribution in [1.82, 2.24) is 0 Å². The summed E-state index contributed by atoms with van der Waals surface area (Å²) in [6, 6.07) is 11.6. The Morgan fingerprint density at radius 3 is 2.80 bits per heavy atom. The second-order valence-corrected chi connectivity index (χ2v) is 5.88. The van der Waals surface area contributed by atoms with Crippen molar-refractivity contribution in [2.24, 2.45) is 0 Å². The van der Waals surface area contributed by atoms with Crippen molar-refractivity contribution >= 4 is 33.2 Å². The highest BCUT2D eigenvalue weighted by Gasteiger charge is 2.26. The van der Waals surface area contributed by atoms with Crippen molar-refractivity contribution in [3.63, 3.8) is 0 Å². The van der Waals surface area contributed by atoms with Crippen LogP contribution in [0.2, 0.25) is 0 Å². The van der Waals surface area contributed by atoms with E-state index in [1.54, 1.807) is 4.90 Å². The molecule has 0 bridgehead atoms. The van der Waals surface area contributed by atoms with Crippen LogP contribution in [-0.2, 0) is 6.42 Å². The summed E-state index contributed by atoms with van der Waals surface area (Å²) in [4.78, 5) is 14.4. The summed E-state index contributed by atoms with van der Waals surface area (Å²) in [7, 11) is 0. The Hall–Kier alpha value is -1.81. The molecule has 3 rings (SSSR count). The summed E-state index contributed by atoms with van der Waals surface area (Å²) in [5.74, 6) is 0.0378. The number of halogens is 1. The van der Waals surface area contributed by atoms with Gasteiger partial charge in [0.15, 0.2) is 0 Å². The standard InChI is InChI=1S/C16H15BrN2O/c1-10-8-13(17)15(9-14(10)18)19-7-6-11-4-2-3-5-12(11)16(19)20/h2-5,8-9H,6-7,18H2,1H3. The first-order chi connectivity index (χ1) is 9.58. The largest absolute Gasteiger partial charge is 0.398 e. The number of nitrogens with zero attached hydrogens (tertiary/aromatic N) is 1. The van der Waals surface area contributed by atoms with Crippen LogP contribution in [0.5, 0.6) is 0 Å². The van der Waals surface area contributed by atoms with Crippen molar-refractivity contribution < 1.29 is 4.79 Å². The van der Waals surface area contributed by atoms with Gasteiger partial charge in [0, 0.05) is 22.3 Å². The summed E-state index contributed by atoms with van der Waals surface area (Å²) in [6.07, 6.45) is 0.863. The van der Waals surface area contributed by atoms with Gasteiger partial charge in [0.25, 0.3) is 5.91 Å². The molecule has 0 unspecified atom stereocenters. The number of benzene rings is 2. The predicted molar refractivity (Wildman–Crippen MR) is 85.1 cm³/mol. The summed E-state index contributed by atoms with van der Waals surface area (Å²) >= 11 is 3.53. The number of anilines is 2. The SMILES string of the molecule is Cc1cc(Br)c(N2CCc3ccccc3C2=O)cc1N. The first-order valence-corrected chi connectivity index (χ1v) is 7.32. The van der Waals surface area contributed by atoms with Crippen LogP contribution in [0.1, 0.15) is 21.5 Å². The molecule has 2 aromatic rings. The monoisotopic (exact) mass is 330 g/mol. The second kappa shape index (κ2) is 4.94. The topological polar surface area (TPSA) is 46.3 Å². The zero-order chi connectivity index (χ0) is 14.3. The highest BCUT2D eigenvalue weighted by atomic mass is 79.9. The molecule has 0 saturated carbocycles. The number of hydrogen-bond acceptors (Lipinski definition) is 2. The molecular weight excluding hydrogens is 316 g/mol. The maximum atomic E-state index is 12.6. The molecular formula is C16H15BrN2O. The van der Waals surface area contributed by atoms with E-state index in [2.05, 4.69) is 15.9 Å². The summed E-state index contributed by atoms with van der Waals surface area (Å²) < 4.78 is 0.900. The van der Waals surface area contributed by atoms with Crippen LogP contribution < -0.4 is 10.6 Å². The number of fused-ring (bicyclic) bond motifs is 1. The molecule has 0 spiro atoms. The number of nitrogen functional groups attached to an aromatic ring is 1. The molecule has 2 aromatic carbocycles.